The van der Waals surface area contributed by atoms with Crippen LogP contribution in [-0.2, 0) is 9.59 Å². The van der Waals surface area contributed by atoms with Crippen LogP contribution in [0.3, 0.4) is 0 Å². The average Bonchev–Trinajstić information content (AvgIpc) is 2.52. The van der Waals surface area contributed by atoms with Gasteiger partial charge in [-0.25, -0.2) is 0 Å². The maximum atomic E-state index is 12.3. The fraction of sp³-hybridized carbons (Fsp3) is 0.444. The summed E-state index contributed by atoms with van der Waals surface area (Å²) in [6.45, 7) is 4.08. The summed E-state index contributed by atoms with van der Waals surface area (Å²) in [4.78, 5) is 26.0. The molecule has 1 aliphatic rings. The van der Waals surface area contributed by atoms with E-state index in [0.717, 1.165) is 36.1 Å². The van der Waals surface area contributed by atoms with Gasteiger partial charge in [0, 0.05) is 18.7 Å². The number of amides is 2. The van der Waals surface area contributed by atoms with Crippen molar-refractivity contribution < 1.29 is 9.59 Å². The highest BCUT2D eigenvalue weighted by molar-refractivity contribution is 5.95. The fourth-order valence-corrected chi connectivity index (χ4v) is 2.70. The van der Waals surface area contributed by atoms with E-state index in [4.69, 9.17) is 0 Å². The van der Waals surface area contributed by atoms with E-state index in [2.05, 4.69) is 17.5 Å². The highest BCUT2D eigenvalue weighted by Crippen LogP contribution is 2.20. The van der Waals surface area contributed by atoms with Crippen LogP contribution < -0.4 is 5.32 Å². The zero-order valence-electron chi connectivity index (χ0n) is 13.6. The molecule has 1 aromatic carbocycles. The van der Waals surface area contributed by atoms with Crippen LogP contribution in [0, 0.1) is 19.8 Å². The normalized spacial score (nSPS) is 17.1. The Hall–Kier alpha value is -2.10. The van der Waals surface area contributed by atoms with Gasteiger partial charge in [-0.05, 0) is 50.3 Å². The summed E-state index contributed by atoms with van der Waals surface area (Å²) in [5.41, 5.74) is 3.00. The molecule has 1 unspecified atom stereocenters. The van der Waals surface area contributed by atoms with Gasteiger partial charge in [0.1, 0.15) is 0 Å². The van der Waals surface area contributed by atoms with Gasteiger partial charge in [-0.2, -0.15) is 0 Å². The second kappa shape index (κ2) is 7.25. The van der Waals surface area contributed by atoms with E-state index in [1.54, 1.807) is 7.05 Å². The van der Waals surface area contributed by atoms with E-state index in [-0.39, 0.29) is 24.3 Å². The van der Waals surface area contributed by atoms with Crippen molar-refractivity contribution in [1.29, 1.82) is 0 Å². The summed E-state index contributed by atoms with van der Waals surface area (Å²) < 4.78 is 0. The number of nitrogens with one attached hydrogen (secondary N) is 1. The van der Waals surface area contributed by atoms with Crippen LogP contribution >= 0.6 is 0 Å². The first-order chi connectivity index (χ1) is 10.5. The Balaban J connectivity index is 1.92. The summed E-state index contributed by atoms with van der Waals surface area (Å²) in [6, 6.07) is 5.81. The molecule has 0 heterocycles. The van der Waals surface area contributed by atoms with Crippen molar-refractivity contribution in [3.8, 4) is 0 Å². The maximum Gasteiger partial charge on any atom is 0.243 e. The molecule has 118 valence electrons. The van der Waals surface area contributed by atoms with Crippen molar-refractivity contribution in [2.75, 3.05) is 18.9 Å². The highest BCUT2D eigenvalue weighted by Gasteiger charge is 2.23. The van der Waals surface area contributed by atoms with Gasteiger partial charge >= 0.3 is 0 Å². The minimum atomic E-state index is -0.157. The molecule has 0 aromatic heterocycles. The zero-order chi connectivity index (χ0) is 16.1. The second-order valence-electron chi connectivity index (χ2n) is 5.97. The number of likely N-dealkylation sites (N-methyl/N-ethyl adjacent to an activating group) is 1. The number of carbonyl (C=O) groups is 2. The van der Waals surface area contributed by atoms with Crippen LogP contribution in [0.25, 0.3) is 0 Å². The summed E-state index contributed by atoms with van der Waals surface area (Å²) in [7, 11) is 1.70. The van der Waals surface area contributed by atoms with E-state index < -0.39 is 0 Å². The molecule has 1 atom stereocenters. The van der Waals surface area contributed by atoms with Crippen LogP contribution in [0.5, 0.6) is 0 Å². The average molecular weight is 300 g/mol. The minimum absolute atomic E-state index is 0.0171. The largest absolute Gasteiger partial charge is 0.336 e. The van der Waals surface area contributed by atoms with Gasteiger partial charge in [0.2, 0.25) is 11.8 Å². The molecule has 0 saturated carbocycles. The molecule has 0 spiro atoms. The molecule has 4 nitrogen and oxygen atoms in total. The van der Waals surface area contributed by atoms with Crippen molar-refractivity contribution in [3.05, 3.63) is 41.5 Å². The molecule has 2 amide bonds. The summed E-state index contributed by atoms with van der Waals surface area (Å²) in [5.74, 6) is -0.0835. The lowest BCUT2D eigenvalue weighted by Gasteiger charge is -2.24. The fourth-order valence-electron chi connectivity index (χ4n) is 2.70. The third-order valence-corrected chi connectivity index (χ3v) is 4.25. The van der Waals surface area contributed by atoms with Gasteiger partial charge in [0.25, 0.3) is 0 Å². The van der Waals surface area contributed by atoms with Crippen LogP contribution in [0.2, 0.25) is 0 Å². The first-order valence-electron chi connectivity index (χ1n) is 7.75. The number of hydrogen-bond donors (Lipinski definition) is 1. The molecule has 0 aliphatic heterocycles. The first-order valence-corrected chi connectivity index (χ1v) is 7.75. The van der Waals surface area contributed by atoms with E-state index in [9.17, 15) is 9.59 Å². The number of aryl methyl sites for hydroxylation is 1. The van der Waals surface area contributed by atoms with Gasteiger partial charge in [0.05, 0.1) is 6.54 Å². The van der Waals surface area contributed by atoms with Crippen molar-refractivity contribution >= 4 is 17.5 Å². The number of anilines is 1. The Labute approximate surface area is 132 Å². The highest BCUT2D eigenvalue weighted by atomic mass is 16.2. The number of carbonyl (C=O) groups excluding carboxylic acids is 2. The number of allylic oxidation sites excluding steroid dienone is 2. The number of nitrogens with zero attached hydrogens (tertiary/aromatic N) is 1. The van der Waals surface area contributed by atoms with Gasteiger partial charge in [-0.15, -0.1) is 0 Å². The van der Waals surface area contributed by atoms with Crippen LogP contribution in [0.15, 0.2) is 30.4 Å². The van der Waals surface area contributed by atoms with E-state index >= 15 is 0 Å². The third-order valence-electron chi connectivity index (χ3n) is 4.25. The van der Waals surface area contributed by atoms with Crippen molar-refractivity contribution in [2.45, 2.75) is 33.1 Å². The van der Waals surface area contributed by atoms with Gasteiger partial charge in [-0.3, -0.25) is 9.59 Å². The summed E-state index contributed by atoms with van der Waals surface area (Å²) in [6.07, 6.45) is 6.76. The Morgan fingerprint density at radius 1 is 1.27 bits per heavy atom. The lowest BCUT2D eigenvalue weighted by Crippen LogP contribution is -2.38. The predicted molar refractivity (Wildman–Crippen MR) is 88.7 cm³/mol. The summed E-state index contributed by atoms with van der Waals surface area (Å²) >= 11 is 0. The topological polar surface area (TPSA) is 49.4 Å². The van der Waals surface area contributed by atoms with Crippen molar-refractivity contribution in [3.63, 3.8) is 0 Å². The molecule has 0 bridgehead atoms. The molecular formula is C18H24N2O2. The molecule has 0 saturated heterocycles. The third kappa shape index (κ3) is 3.97. The Bertz CT molecular complexity index is 593. The van der Waals surface area contributed by atoms with E-state index in [0.29, 0.717) is 0 Å². The smallest absolute Gasteiger partial charge is 0.243 e. The van der Waals surface area contributed by atoms with Crippen molar-refractivity contribution in [1.82, 2.24) is 4.90 Å². The standard InChI is InChI=1S/C18H24N2O2/c1-13-8-7-11-16(14(13)2)19-17(21)12-20(3)18(22)15-9-5-4-6-10-15/h4-5,7-8,11,15H,6,9-10,12H2,1-3H3,(H,19,21). The van der Waals surface area contributed by atoms with Crippen LogP contribution in [0.1, 0.15) is 30.4 Å². The monoisotopic (exact) mass is 300 g/mol. The zero-order valence-corrected chi connectivity index (χ0v) is 13.6. The predicted octanol–water partition coefficient (Wildman–Crippen LogP) is 3.06. The summed E-state index contributed by atoms with van der Waals surface area (Å²) in [5, 5.41) is 2.89. The van der Waals surface area contributed by atoms with Crippen molar-refractivity contribution in [2.24, 2.45) is 5.92 Å². The van der Waals surface area contributed by atoms with Crippen LogP contribution in [-0.4, -0.2) is 30.3 Å². The van der Waals surface area contributed by atoms with Gasteiger partial charge < -0.3 is 10.2 Å². The molecule has 4 heteroatoms. The molecular weight excluding hydrogens is 276 g/mol. The maximum absolute atomic E-state index is 12.3. The lowest BCUT2D eigenvalue weighted by atomic mass is 9.93. The number of hydrogen-bond acceptors (Lipinski definition) is 2. The van der Waals surface area contributed by atoms with Crippen LogP contribution in [0.4, 0.5) is 5.69 Å². The van der Waals surface area contributed by atoms with E-state index in [1.165, 1.54) is 4.90 Å². The Kier molecular flexibility index (Phi) is 5.36. The SMILES string of the molecule is Cc1cccc(NC(=O)CN(C)C(=O)C2CC=CCC2)c1C. The molecule has 1 aliphatic carbocycles. The molecule has 1 aromatic rings. The van der Waals surface area contributed by atoms with Gasteiger partial charge in [-0.1, -0.05) is 24.3 Å². The molecule has 1 N–H and O–H groups in total. The minimum Gasteiger partial charge on any atom is -0.336 e. The second-order valence-corrected chi connectivity index (χ2v) is 5.97. The Morgan fingerprint density at radius 2 is 2.05 bits per heavy atom. The molecule has 22 heavy (non-hydrogen) atoms. The lowest BCUT2D eigenvalue weighted by molar-refractivity contribution is -0.137. The molecule has 2 rings (SSSR count). The molecule has 0 fully saturated rings. The number of benzene rings is 1. The molecule has 0 radical (unpaired) electrons. The van der Waals surface area contributed by atoms with E-state index in [1.807, 2.05) is 32.0 Å². The quantitative estimate of drug-likeness (QED) is 0.869. The number of rotatable bonds is 4. The Morgan fingerprint density at radius 3 is 2.73 bits per heavy atom. The first kappa shape index (κ1) is 16.3. The van der Waals surface area contributed by atoms with Gasteiger partial charge in [0.15, 0.2) is 0 Å².